The third-order valence-electron chi connectivity index (χ3n) is 2.55. The van der Waals surface area contributed by atoms with Crippen molar-refractivity contribution in [2.75, 3.05) is 14.1 Å². The molecule has 116 valence electrons. The fraction of sp³-hybridized carbons (Fsp3) is 0.214. The Labute approximate surface area is 128 Å². The second kappa shape index (κ2) is 6.27. The Balaban J connectivity index is 2.48. The van der Waals surface area contributed by atoms with Crippen molar-refractivity contribution in [2.45, 2.75) is 6.18 Å². The summed E-state index contributed by atoms with van der Waals surface area (Å²) in [5.41, 5.74) is -0.724. The van der Waals surface area contributed by atoms with E-state index in [-0.39, 0.29) is 5.01 Å². The number of carbonyl (C=O) groups excluding carboxylic acids is 1. The van der Waals surface area contributed by atoms with Gasteiger partial charge in [0.05, 0.1) is 0 Å². The topological polar surface area (TPSA) is 46.1 Å². The summed E-state index contributed by atoms with van der Waals surface area (Å²) < 4.78 is 39.2. The molecule has 0 spiro atoms. The number of hydrogen-bond acceptors (Lipinski definition) is 5. The fourth-order valence-corrected chi connectivity index (χ4v) is 2.58. The lowest BCUT2D eigenvalue weighted by Gasteiger charge is -2.05. The minimum absolute atomic E-state index is 0.113. The third kappa shape index (κ3) is 3.70. The van der Waals surface area contributed by atoms with Crippen molar-refractivity contribution in [3.05, 3.63) is 47.4 Å². The quantitative estimate of drug-likeness (QED) is 0.637. The van der Waals surface area contributed by atoms with Gasteiger partial charge in [0, 0.05) is 44.3 Å². The van der Waals surface area contributed by atoms with Gasteiger partial charge in [-0.25, -0.2) is 4.98 Å². The maximum atomic E-state index is 13.1. The molecule has 0 saturated carbocycles. The fourth-order valence-electron chi connectivity index (χ4n) is 1.58. The summed E-state index contributed by atoms with van der Waals surface area (Å²) in [5.74, 6) is -0.728. The van der Waals surface area contributed by atoms with Gasteiger partial charge in [-0.2, -0.15) is 13.2 Å². The van der Waals surface area contributed by atoms with Crippen molar-refractivity contribution in [3.8, 4) is 10.6 Å². The number of aromatic nitrogens is 2. The first-order valence-corrected chi connectivity index (χ1v) is 6.98. The molecule has 0 aliphatic carbocycles. The normalized spacial score (nSPS) is 11.9. The lowest BCUT2D eigenvalue weighted by Crippen LogP contribution is -2.11. The zero-order chi connectivity index (χ0) is 16.3. The molecule has 8 heteroatoms. The molecule has 0 unspecified atom stereocenters. The number of rotatable bonds is 4. The van der Waals surface area contributed by atoms with Crippen LogP contribution in [0.25, 0.3) is 10.6 Å². The SMILES string of the molecule is CN(C)C=CC(=O)c1sc(-c2cccnc2)nc1C(F)(F)F. The Morgan fingerprint density at radius 1 is 1.36 bits per heavy atom. The number of alkyl halides is 3. The molecule has 0 radical (unpaired) electrons. The summed E-state index contributed by atoms with van der Waals surface area (Å²) in [6, 6.07) is 3.19. The van der Waals surface area contributed by atoms with Crippen LogP contribution in [0.4, 0.5) is 13.2 Å². The van der Waals surface area contributed by atoms with Gasteiger partial charge in [-0.1, -0.05) is 0 Å². The number of allylic oxidation sites excluding steroid dienone is 1. The Hall–Kier alpha value is -2.22. The van der Waals surface area contributed by atoms with E-state index in [1.165, 1.54) is 18.6 Å². The standard InChI is InChI=1S/C14H12F3N3OS/c1-20(2)7-5-10(21)11-12(14(15,16)17)19-13(22-11)9-4-3-6-18-8-9/h3-8H,1-2H3. The van der Waals surface area contributed by atoms with E-state index in [1.807, 2.05) is 0 Å². The van der Waals surface area contributed by atoms with Crippen molar-refractivity contribution in [1.82, 2.24) is 14.9 Å². The highest BCUT2D eigenvalue weighted by molar-refractivity contribution is 7.17. The van der Waals surface area contributed by atoms with E-state index in [4.69, 9.17) is 0 Å². The Morgan fingerprint density at radius 2 is 2.09 bits per heavy atom. The predicted molar refractivity (Wildman–Crippen MR) is 77.5 cm³/mol. The molecule has 0 aliphatic rings. The molecule has 2 aromatic rings. The number of carbonyl (C=O) groups is 1. The van der Waals surface area contributed by atoms with Gasteiger partial charge in [0.1, 0.15) is 9.88 Å². The second-order valence-electron chi connectivity index (χ2n) is 4.58. The van der Waals surface area contributed by atoms with Crippen LogP contribution in [0.15, 0.2) is 36.8 Å². The van der Waals surface area contributed by atoms with Crippen molar-refractivity contribution < 1.29 is 18.0 Å². The molecule has 0 aromatic carbocycles. The molecule has 22 heavy (non-hydrogen) atoms. The van der Waals surface area contributed by atoms with E-state index in [2.05, 4.69) is 9.97 Å². The average Bonchev–Trinajstić information content (AvgIpc) is 2.91. The predicted octanol–water partition coefficient (Wildman–Crippen LogP) is 3.48. The second-order valence-corrected chi connectivity index (χ2v) is 5.58. The molecule has 0 N–H and O–H groups in total. The average molecular weight is 327 g/mol. The van der Waals surface area contributed by atoms with Crippen LogP contribution in [0.3, 0.4) is 0 Å². The lowest BCUT2D eigenvalue weighted by molar-refractivity contribution is -0.140. The van der Waals surface area contributed by atoms with Crippen LogP contribution < -0.4 is 0 Å². The zero-order valence-corrected chi connectivity index (χ0v) is 12.6. The summed E-state index contributed by atoms with van der Waals surface area (Å²) >= 11 is 0.709. The molecule has 0 bridgehead atoms. The minimum atomic E-state index is -4.69. The van der Waals surface area contributed by atoms with Crippen LogP contribution in [0, 0.1) is 0 Å². The molecule has 0 atom stereocenters. The van der Waals surface area contributed by atoms with Crippen LogP contribution in [0.2, 0.25) is 0 Å². The highest BCUT2D eigenvalue weighted by Gasteiger charge is 2.39. The summed E-state index contributed by atoms with van der Waals surface area (Å²) in [4.78, 5) is 20.6. The van der Waals surface area contributed by atoms with Crippen LogP contribution in [0.1, 0.15) is 15.4 Å². The van der Waals surface area contributed by atoms with E-state index in [0.717, 1.165) is 6.08 Å². The largest absolute Gasteiger partial charge is 0.434 e. The van der Waals surface area contributed by atoms with Gasteiger partial charge in [0.15, 0.2) is 11.5 Å². The summed E-state index contributed by atoms with van der Waals surface area (Å²) in [6.07, 6.45) is 0.714. The highest BCUT2D eigenvalue weighted by atomic mass is 32.1. The van der Waals surface area contributed by atoms with Crippen LogP contribution >= 0.6 is 11.3 Å². The van der Waals surface area contributed by atoms with Gasteiger partial charge >= 0.3 is 6.18 Å². The number of hydrogen-bond donors (Lipinski definition) is 0. The summed E-state index contributed by atoms with van der Waals surface area (Å²) in [7, 11) is 3.34. The monoisotopic (exact) mass is 327 g/mol. The molecule has 0 fully saturated rings. The van der Waals surface area contributed by atoms with Gasteiger partial charge in [-0.3, -0.25) is 9.78 Å². The number of nitrogens with zero attached hydrogens (tertiary/aromatic N) is 3. The van der Waals surface area contributed by atoms with Crippen molar-refractivity contribution >= 4 is 17.1 Å². The number of halogens is 3. The maximum Gasteiger partial charge on any atom is 0.434 e. The maximum absolute atomic E-state index is 13.1. The molecule has 2 rings (SSSR count). The molecule has 0 saturated heterocycles. The van der Waals surface area contributed by atoms with E-state index in [1.54, 1.807) is 31.1 Å². The van der Waals surface area contributed by atoms with Crippen LogP contribution in [0.5, 0.6) is 0 Å². The molecular weight excluding hydrogens is 315 g/mol. The molecule has 2 heterocycles. The van der Waals surface area contributed by atoms with E-state index in [0.29, 0.717) is 16.9 Å². The zero-order valence-electron chi connectivity index (χ0n) is 11.8. The van der Waals surface area contributed by atoms with Gasteiger partial charge in [0.2, 0.25) is 0 Å². The summed E-state index contributed by atoms with van der Waals surface area (Å²) in [6.45, 7) is 0. The molecule has 0 amide bonds. The Bertz CT molecular complexity index is 693. The van der Waals surface area contributed by atoms with E-state index in [9.17, 15) is 18.0 Å². The first kappa shape index (κ1) is 16.2. The Kier molecular flexibility index (Phi) is 4.60. The van der Waals surface area contributed by atoms with Gasteiger partial charge in [0.25, 0.3) is 0 Å². The van der Waals surface area contributed by atoms with Gasteiger partial charge in [-0.15, -0.1) is 11.3 Å². The molecule has 4 nitrogen and oxygen atoms in total. The Morgan fingerprint density at radius 3 is 2.64 bits per heavy atom. The first-order valence-electron chi connectivity index (χ1n) is 6.16. The van der Waals surface area contributed by atoms with E-state index < -0.39 is 22.5 Å². The molecule has 0 aliphatic heterocycles. The van der Waals surface area contributed by atoms with Crippen LogP contribution in [-0.4, -0.2) is 34.7 Å². The number of pyridine rings is 1. The van der Waals surface area contributed by atoms with Crippen molar-refractivity contribution in [2.24, 2.45) is 0 Å². The van der Waals surface area contributed by atoms with Gasteiger partial charge < -0.3 is 4.90 Å². The molecule has 2 aromatic heterocycles. The smallest absolute Gasteiger partial charge is 0.383 e. The van der Waals surface area contributed by atoms with Crippen LogP contribution in [-0.2, 0) is 6.18 Å². The van der Waals surface area contributed by atoms with Crippen molar-refractivity contribution in [3.63, 3.8) is 0 Å². The van der Waals surface area contributed by atoms with E-state index >= 15 is 0 Å². The molecular formula is C14H12F3N3OS. The minimum Gasteiger partial charge on any atom is -0.383 e. The number of thiazole rings is 1. The third-order valence-corrected chi connectivity index (χ3v) is 3.67. The summed E-state index contributed by atoms with van der Waals surface area (Å²) in [5, 5.41) is 0.113. The van der Waals surface area contributed by atoms with Crippen molar-refractivity contribution in [1.29, 1.82) is 0 Å². The number of ketones is 1. The first-order chi connectivity index (χ1) is 10.3. The van der Waals surface area contributed by atoms with Gasteiger partial charge in [-0.05, 0) is 12.1 Å². The lowest BCUT2D eigenvalue weighted by atomic mass is 10.2. The highest BCUT2D eigenvalue weighted by Crippen LogP contribution is 2.37.